The molecular formula is C13H15N5O3. The van der Waals surface area contributed by atoms with Crippen molar-refractivity contribution in [3.05, 3.63) is 42.2 Å². The summed E-state index contributed by atoms with van der Waals surface area (Å²) in [4.78, 5) is 23.3. The Labute approximate surface area is 121 Å². The van der Waals surface area contributed by atoms with E-state index in [-0.39, 0.29) is 12.5 Å². The van der Waals surface area contributed by atoms with Crippen LogP contribution in [-0.4, -0.2) is 45.7 Å². The van der Waals surface area contributed by atoms with Crippen LogP contribution in [-0.2, 0) is 20.7 Å². The van der Waals surface area contributed by atoms with E-state index in [2.05, 4.69) is 20.8 Å². The topological polar surface area (TPSA) is 99.0 Å². The van der Waals surface area contributed by atoms with E-state index in [1.165, 1.54) is 18.1 Å². The second-order valence-electron chi connectivity index (χ2n) is 4.28. The van der Waals surface area contributed by atoms with Gasteiger partial charge in [0.2, 0.25) is 0 Å². The molecule has 2 aromatic rings. The molecule has 1 N–H and O–H groups in total. The Morgan fingerprint density at radius 3 is 2.71 bits per heavy atom. The molecule has 0 unspecified atom stereocenters. The van der Waals surface area contributed by atoms with Crippen LogP contribution in [0.4, 0.5) is 0 Å². The van der Waals surface area contributed by atoms with Crippen LogP contribution in [0, 0.1) is 0 Å². The monoisotopic (exact) mass is 289 g/mol. The molecule has 21 heavy (non-hydrogen) atoms. The minimum Gasteiger partial charge on any atom is -0.454 e. The number of hydrogen-bond acceptors (Lipinski definition) is 6. The Kier molecular flexibility index (Phi) is 4.97. The summed E-state index contributed by atoms with van der Waals surface area (Å²) >= 11 is 0. The van der Waals surface area contributed by atoms with Crippen LogP contribution < -0.4 is 5.32 Å². The first kappa shape index (κ1) is 14.6. The van der Waals surface area contributed by atoms with Gasteiger partial charge in [-0.1, -0.05) is 30.3 Å². The molecule has 0 aliphatic heterocycles. The predicted octanol–water partition coefficient (Wildman–Crippen LogP) is -0.254. The molecule has 8 nitrogen and oxygen atoms in total. The molecule has 0 aliphatic rings. The van der Waals surface area contributed by atoms with Crippen molar-refractivity contribution in [2.75, 3.05) is 13.7 Å². The summed E-state index contributed by atoms with van der Waals surface area (Å²) in [6, 6.07) is 8.71. The SMILES string of the molecule is CNC(=O)COC(=O)[C@H](Cc1ccccc1)n1cnnn1. The Morgan fingerprint density at radius 2 is 2.10 bits per heavy atom. The number of likely N-dealkylation sites (N-methyl/N-ethyl adjacent to an activating group) is 1. The lowest BCUT2D eigenvalue weighted by Crippen LogP contribution is -2.30. The van der Waals surface area contributed by atoms with E-state index in [1.54, 1.807) is 0 Å². The number of tetrazole rings is 1. The van der Waals surface area contributed by atoms with Crippen molar-refractivity contribution < 1.29 is 14.3 Å². The molecule has 0 saturated carbocycles. The van der Waals surface area contributed by atoms with Gasteiger partial charge in [-0.2, -0.15) is 0 Å². The van der Waals surface area contributed by atoms with Crippen molar-refractivity contribution in [1.82, 2.24) is 25.5 Å². The van der Waals surface area contributed by atoms with Crippen molar-refractivity contribution in [3.8, 4) is 0 Å². The first-order valence-electron chi connectivity index (χ1n) is 6.34. The average Bonchev–Trinajstić information content (AvgIpc) is 3.05. The third kappa shape index (κ3) is 4.10. The van der Waals surface area contributed by atoms with Gasteiger partial charge in [0.25, 0.3) is 5.91 Å². The molecule has 1 amide bonds. The molecule has 0 spiro atoms. The highest BCUT2D eigenvalue weighted by atomic mass is 16.5. The first-order chi connectivity index (χ1) is 10.2. The lowest BCUT2D eigenvalue weighted by molar-refractivity contribution is -0.152. The molecular weight excluding hydrogens is 274 g/mol. The molecule has 0 aliphatic carbocycles. The van der Waals surface area contributed by atoms with E-state index in [0.29, 0.717) is 6.42 Å². The maximum absolute atomic E-state index is 12.1. The standard InChI is InChI=1S/C13H15N5O3/c1-14-12(19)8-21-13(20)11(18-9-15-16-17-18)7-10-5-3-2-4-6-10/h2-6,9,11H,7-8H2,1H3,(H,14,19)/t11-/m0/s1. The van der Waals surface area contributed by atoms with E-state index in [4.69, 9.17) is 4.74 Å². The van der Waals surface area contributed by atoms with Gasteiger partial charge in [-0.05, 0) is 16.0 Å². The molecule has 1 heterocycles. The van der Waals surface area contributed by atoms with Crippen molar-refractivity contribution in [1.29, 1.82) is 0 Å². The average molecular weight is 289 g/mol. The summed E-state index contributed by atoms with van der Waals surface area (Å²) in [6.45, 7) is -0.331. The van der Waals surface area contributed by atoms with Gasteiger partial charge in [0, 0.05) is 13.5 Å². The van der Waals surface area contributed by atoms with Crippen LogP contribution in [0.5, 0.6) is 0 Å². The van der Waals surface area contributed by atoms with E-state index in [0.717, 1.165) is 5.56 Å². The number of carbonyl (C=O) groups excluding carboxylic acids is 2. The van der Waals surface area contributed by atoms with Crippen LogP contribution in [0.1, 0.15) is 11.6 Å². The lowest BCUT2D eigenvalue weighted by atomic mass is 10.1. The molecule has 0 bridgehead atoms. The summed E-state index contributed by atoms with van der Waals surface area (Å²) in [5.74, 6) is -0.937. The highest BCUT2D eigenvalue weighted by Gasteiger charge is 2.24. The molecule has 0 fully saturated rings. The van der Waals surface area contributed by atoms with Gasteiger partial charge >= 0.3 is 5.97 Å². The number of nitrogens with one attached hydrogen (secondary N) is 1. The third-order valence-corrected chi connectivity index (χ3v) is 2.85. The van der Waals surface area contributed by atoms with Crippen LogP contribution >= 0.6 is 0 Å². The minimum atomic E-state index is -0.716. The summed E-state index contributed by atoms with van der Waals surface area (Å²) in [7, 11) is 1.47. The minimum absolute atomic E-state index is 0.331. The van der Waals surface area contributed by atoms with E-state index < -0.39 is 12.0 Å². The van der Waals surface area contributed by atoms with Gasteiger partial charge in [0.15, 0.2) is 12.6 Å². The zero-order chi connectivity index (χ0) is 15.1. The molecule has 0 saturated heterocycles. The quantitative estimate of drug-likeness (QED) is 0.736. The maximum Gasteiger partial charge on any atom is 0.331 e. The van der Waals surface area contributed by atoms with Crippen LogP contribution in [0.2, 0.25) is 0 Å². The number of amides is 1. The zero-order valence-electron chi connectivity index (χ0n) is 11.5. The number of esters is 1. The van der Waals surface area contributed by atoms with Gasteiger partial charge in [-0.25, -0.2) is 9.48 Å². The smallest absolute Gasteiger partial charge is 0.331 e. The molecule has 2 rings (SSSR count). The molecule has 1 aromatic carbocycles. The number of nitrogens with zero attached hydrogens (tertiary/aromatic N) is 4. The van der Waals surface area contributed by atoms with Gasteiger partial charge in [0.1, 0.15) is 6.33 Å². The van der Waals surface area contributed by atoms with Crippen molar-refractivity contribution in [2.24, 2.45) is 0 Å². The Hall–Kier alpha value is -2.77. The summed E-state index contributed by atoms with van der Waals surface area (Å²) in [5, 5.41) is 13.2. The van der Waals surface area contributed by atoms with E-state index >= 15 is 0 Å². The number of rotatable bonds is 6. The summed E-state index contributed by atoms with van der Waals surface area (Å²) < 4.78 is 6.30. The van der Waals surface area contributed by atoms with Crippen molar-refractivity contribution >= 4 is 11.9 Å². The van der Waals surface area contributed by atoms with Gasteiger partial charge in [0.05, 0.1) is 0 Å². The molecule has 110 valence electrons. The zero-order valence-corrected chi connectivity index (χ0v) is 11.5. The second-order valence-corrected chi connectivity index (χ2v) is 4.28. The Bertz CT molecular complexity index is 585. The predicted molar refractivity (Wildman–Crippen MR) is 72.0 cm³/mol. The number of aromatic nitrogens is 4. The normalized spacial score (nSPS) is 11.7. The Morgan fingerprint density at radius 1 is 1.33 bits per heavy atom. The van der Waals surface area contributed by atoms with Crippen LogP contribution in [0.15, 0.2) is 36.7 Å². The van der Waals surface area contributed by atoms with Gasteiger partial charge in [-0.15, -0.1) is 5.10 Å². The molecule has 0 radical (unpaired) electrons. The molecule has 8 heteroatoms. The highest BCUT2D eigenvalue weighted by Crippen LogP contribution is 2.14. The van der Waals surface area contributed by atoms with Crippen LogP contribution in [0.3, 0.4) is 0 Å². The van der Waals surface area contributed by atoms with Gasteiger partial charge < -0.3 is 10.1 Å². The fourth-order valence-electron chi connectivity index (χ4n) is 1.74. The summed E-state index contributed by atoms with van der Waals surface area (Å²) in [5.41, 5.74) is 0.940. The first-order valence-corrected chi connectivity index (χ1v) is 6.34. The summed E-state index contributed by atoms with van der Waals surface area (Å²) in [6.07, 6.45) is 1.72. The Balaban J connectivity index is 2.09. The number of ether oxygens (including phenoxy) is 1. The highest BCUT2D eigenvalue weighted by molar-refractivity contribution is 5.81. The van der Waals surface area contributed by atoms with E-state index in [1.807, 2.05) is 30.3 Å². The maximum atomic E-state index is 12.1. The van der Waals surface area contributed by atoms with Gasteiger partial charge in [-0.3, -0.25) is 4.79 Å². The lowest BCUT2D eigenvalue weighted by Gasteiger charge is -2.15. The largest absolute Gasteiger partial charge is 0.454 e. The fraction of sp³-hybridized carbons (Fsp3) is 0.308. The number of benzene rings is 1. The van der Waals surface area contributed by atoms with Crippen molar-refractivity contribution in [2.45, 2.75) is 12.5 Å². The van der Waals surface area contributed by atoms with Crippen LogP contribution in [0.25, 0.3) is 0 Å². The molecule has 1 atom stereocenters. The molecule has 1 aromatic heterocycles. The van der Waals surface area contributed by atoms with Crippen molar-refractivity contribution in [3.63, 3.8) is 0 Å². The number of hydrogen-bond donors (Lipinski definition) is 1. The van der Waals surface area contributed by atoms with E-state index in [9.17, 15) is 9.59 Å². The second kappa shape index (κ2) is 7.13. The fourth-order valence-corrected chi connectivity index (χ4v) is 1.74. The number of carbonyl (C=O) groups is 2. The third-order valence-electron chi connectivity index (χ3n) is 2.85.